The number of benzene rings is 1. The van der Waals surface area contributed by atoms with Crippen LogP contribution >= 0.6 is 0 Å². The number of nitrogens with two attached hydrogens (primary N) is 1. The Morgan fingerprint density at radius 1 is 1.31 bits per heavy atom. The Bertz CT molecular complexity index is 611. The largest absolute Gasteiger partial charge is 0.497 e. The van der Waals surface area contributed by atoms with E-state index in [2.05, 4.69) is 16.3 Å². The predicted molar refractivity (Wildman–Crippen MR) is 101 cm³/mol. The van der Waals surface area contributed by atoms with Crippen LogP contribution in [0.25, 0.3) is 0 Å². The molecule has 1 aromatic carbocycles. The van der Waals surface area contributed by atoms with Crippen molar-refractivity contribution in [3.05, 3.63) is 42.0 Å². The third kappa shape index (κ3) is 5.30. The van der Waals surface area contributed by atoms with Gasteiger partial charge in [0.15, 0.2) is 0 Å². The van der Waals surface area contributed by atoms with Gasteiger partial charge in [0, 0.05) is 32.1 Å². The van der Waals surface area contributed by atoms with Crippen molar-refractivity contribution in [2.45, 2.75) is 24.9 Å². The second kappa shape index (κ2) is 9.16. The summed E-state index contributed by atoms with van der Waals surface area (Å²) >= 11 is 0. The van der Waals surface area contributed by atoms with Crippen LogP contribution < -0.4 is 15.8 Å². The molecule has 1 heterocycles. The summed E-state index contributed by atoms with van der Waals surface area (Å²) < 4.78 is 10.7. The maximum atomic E-state index is 12.6. The lowest BCUT2D eigenvalue weighted by atomic mass is 10.0. The van der Waals surface area contributed by atoms with E-state index >= 15 is 0 Å². The van der Waals surface area contributed by atoms with Crippen LogP contribution in [0.1, 0.15) is 24.4 Å². The van der Waals surface area contributed by atoms with E-state index in [-0.39, 0.29) is 23.9 Å². The molecule has 26 heavy (non-hydrogen) atoms. The first-order valence-corrected chi connectivity index (χ1v) is 9.31. The molecule has 6 nitrogen and oxygen atoms in total. The predicted octanol–water partition coefficient (Wildman–Crippen LogP) is 1.48. The zero-order valence-corrected chi connectivity index (χ0v) is 15.4. The summed E-state index contributed by atoms with van der Waals surface area (Å²) in [5.74, 6) is 1.13. The molecule has 0 bridgehead atoms. The first-order valence-electron chi connectivity index (χ1n) is 9.31. The maximum absolute atomic E-state index is 12.6. The summed E-state index contributed by atoms with van der Waals surface area (Å²) in [6, 6.07) is 7.95. The molecular formula is C20H29N3O3. The standard InChI is InChI=1S/C20H29N3O3/c1-25-18-6-3-16(4-7-18)19(14-23-8-10-26-11-9-23)22-20(24)13-15-2-5-17(21)12-15/h2-7,15,17,19H,8-14,21H2,1H3,(H,22,24)/t15-,17+,19?/m0/s1. The number of allylic oxidation sites excluding steroid dienone is 1. The quantitative estimate of drug-likeness (QED) is 0.721. The number of hydrogen-bond acceptors (Lipinski definition) is 5. The second-order valence-corrected chi connectivity index (χ2v) is 7.05. The maximum Gasteiger partial charge on any atom is 0.221 e. The van der Waals surface area contributed by atoms with E-state index in [4.69, 9.17) is 15.2 Å². The van der Waals surface area contributed by atoms with Crippen LogP contribution in [0.15, 0.2) is 36.4 Å². The van der Waals surface area contributed by atoms with Gasteiger partial charge in [0.2, 0.25) is 5.91 Å². The average Bonchev–Trinajstić information content (AvgIpc) is 3.06. The monoisotopic (exact) mass is 359 g/mol. The van der Waals surface area contributed by atoms with Crippen molar-refractivity contribution in [3.63, 3.8) is 0 Å². The number of morpholine rings is 1. The minimum absolute atomic E-state index is 0.0504. The van der Waals surface area contributed by atoms with Crippen molar-refractivity contribution in [2.75, 3.05) is 40.0 Å². The summed E-state index contributed by atoms with van der Waals surface area (Å²) in [6.45, 7) is 4.05. The Morgan fingerprint density at radius 3 is 2.65 bits per heavy atom. The van der Waals surface area contributed by atoms with E-state index < -0.39 is 0 Å². The highest BCUT2D eigenvalue weighted by Gasteiger charge is 2.23. The molecule has 3 rings (SSSR count). The van der Waals surface area contributed by atoms with E-state index in [0.717, 1.165) is 50.6 Å². The number of nitrogens with zero attached hydrogens (tertiary/aromatic N) is 1. The van der Waals surface area contributed by atoms with Crippen LogP contribution in [-0.4, -0.2) is 56.8 Å². The normalized spacial score (nSPS) is 24.4. The first-order chi connectivity index (χ1) is 12.6. The molecule has 1 unspecified atom stereocenters. The number of nitrogens with one attached hydrogen (secondary N) is 1. The third-order valence-electron chi connectivity index (χ3n) is 5.05. The van der Waals surface area contributed by atoms with E-state index in [9.17, 15) is 4.79 Å². The SMILES string of the molecule is COc1ccc(C(CN2CCOCC2)NC(=O)C[C@H]2C=C[C@@H](N)C2)cc1. The number of carbonyl (C=O) groups is 1. The average molecular weight is 359 g/mol. The molecule has 1 saturated heterocycles. The number of rotatable bonds is 7. The summed E-state index contributed by atoms with van der Waals surface area (Å²) in [7, 11) is 1.65. The molecule has 0 aromatic heterocycles. The lowest BCUT2D eigenvalue weighted by molar-refractivity contribution is -0.122. The molecule has 1 aliphatic carbocycles. The van der Waals surface area contributed by atoms with Crippen molar-refractivity contribution in [3.8, 4) is 5.75 Å². The van der Waals surface area contributed by atoms with Gasteiger partial charge in [0.25, 0.3) is 0 Å². The molecule has 1 aromatic rings. The van der Waals surface area contributed by atoms with Gasteiger partial charge < -0.3 is 20.5 Å². The molecule has 0 spiro atoms. The Morgan fingerprint density at radius 2 is 2.04 bits per heavy atom. The van der Waals surface area contributed by atoms with E-state index in [1.807, 2.05) is 30.3 Å². The van der Waals surface area contributed by atoms with Crippen molar-refractivity contribution in [2.24, 2.45) is 11.7 Å². The van der Waals surface area contributed by atoms with Crippen LogP contribution in [0, 0.1) is 5.92 Å². The Balaban J connectivity index is 1.64. The fourth-order valence-electron chi connectivity index (χ4n) is 3.56. The molecule has 142 valence electrons. The summed E-state index contributed by atoms with van der Waals surface area (Å²) in [4.78, 5) is 14.9. The smallest absolute Gasteiger partial charge is 0.221 e. The zero-order valence-electron chi connectivity index (χ0n) is 15.4. The highest BCUT2D eigenvalue weighted by molar-refractivity contribution is 5.77. The summed E-state index contributed by atoms with van der Waals surface area (Å²) in [6.07, 6.45) is 5.39. The highest BCUT2D eigenvalue weighted by atomic mass is 16.5. The van der Waals surface area contributed by atoms with Crippen molar-refractivity contribution < 1.29 is 14.3 Å². The van der Waals surface area contributed by atoms with Gasteiger partial charge >= 0.3 is 0 Å². The molecule has 2 aliphatic rings. The molecular weight excluding hydrogens is 330 g/mol. The summed E-state index contributed by atoms with van der Waals surface area (Å²) in [5, 5.41) is 3.22. The number of amides is 1. The molecule has 1 amide bonds. The highest BCUT2D eigenvalue weighted by Crippen LogP contribution is 2.22. The third-order valence-corrected chi connectivity index (χ3v) is 5.05. The fourth-order valence-corrected chi connectivity index (χ4v) is 3.56. The van der Waals surface area contributed by atoms with Gasteiger partial charge in [-0.2, -0.15) is 0 Å². The molecule has 3 N–H and O–H groups in total. The van der Waals surface area contributed by atoms with Crippen LogP contribution in [0.4, 0.5) is 0 Å². The van der Waals surface area contributed by atoms with Crippen LogP contribution in [0.2, 0.25) is 0 Å². The van der Waals surface area contributed by atoms with Crippen molar-refractivity contribution >= 4 is 5.91 Å². The van der Waals surface area contributed by atoms with Gasteiger partial charge in [0.05, 0.1) is 26.4 Å². The Hall–Kier alpha value is -1.89. The fraction of sp³-hybridized carbons (Fsp3) is 0.550. The Labute approximate surface area is 155 Å². The number of ether oxygens (including phenoxy) is 2. The molecule has 1 fully saturated rings. The minimum atomic E-state index is -0.0504. The van der Waals surface area contributed by atoms with Crippen LogP contribution in [-0.2, 0) is 9.53 Å². The van der Waals surface area contributed by atoms with Gasteiger partial charge in [0.1, 0.15) is 5.75 Å². The molecule has 0 saturated carbocycles. The number of carbonyl (C=O) groups excluding carboxylic acids is 1. The number of methoxy groups -OCH3 is 1. The Kier molecular flexibility index (Phi) is 6.66. The lowest BCUT2D eigenvalue weighted by Gasteiger charge is -2.31. The van der Waals surface area contributed by atoms with E-state index in [1.165, 1.54) is 0 Å². The molecule has 6 heteroatoms. The van der Waals surface area contributed by atoms with Crippen LogP contribution in [0.3, 0.4) is 0 Å². The molecule has 3 atom stereocenters. The van der Waals surface area contributed by atoms with Crippen LogP contribution in [0.5, 0.6) is 5.75 Å². The number of hydrogen-bond donors (Lipinski definition) is 2. The van der Waals surface area contributed by atoms with Crippen molar-refractivity contribution in [1.82, 2.24) is 10.2 Å². The van der Waals surface area contributed by atoms with E-state index in [0.29, 0.717) is 6.42 Å². The van der Waals surface area contributed by atoms with Gasteiger partial charge in [-0.25, -0.2) is 0 Å². The van der Waals surface area contributed by atoms with Crippen molar-refractivity contribution in [1.29, 1.82) is 0 Å². The zero-order chi connectivity index (χ0) is 18.4. The first kappa shape index (κ1) is 18.9. The van der Waals surface area contributed by atoms with E-state index in [1.54, 1.807) is 7.11 Å². The van der Waals surface area contributed by atoms with Gasteiger partial charge in [-0.1, -0.05) is 24.3 Å². The van der Waals surface area contributed by atoms with Gasteiger partial charge in [-0.3, -0.25) is 9.69 Å². The molecule has 1 aliphatic heterocycles. The molecule has 0 radical (unpaired) electrons. The minimum Gasteiger partial charge on any atom is -0.497 e. The summed E-state index contributed by atoms with van der Waals surface area (Å²) in [5.41, 5.74) is 6.98. The topological polar surface area (TPSA) is 76.8 Å². The van der Waals surface area contributed by atoms with Gasteiger partial charge in [-0.05, 0) is 30.0 Å². The van der Waals surface area contributed by atoms with Gasteiger partial charge in [-0.15, -0.1) is 0 Å². The lowest BCUT2D eigenvalue weighted by Crippen LogP contribution is -2.43. The second-order valence-electron chi connectivity index (χ2n) is 7.05.